The van der Waals surface area contributed by atoms with Crippen LogP contribution in [0, 0.1) is 0 Å². The third-order valence-electron chi connectivity index (χ3n) is 4.22. The van der Waals surface area contributed by atoms with Gasteiger partial charge in [0, 0.05) is 7.11 Å². The molecule has 0 N–H and O–H groups in total. The predicted octanol–water partition coefficient (Wildman–Crippen LogP) is 6.91. The number of nitrogens with zero attached hydrogens (tertiary/aromatic N) is 2. The molecule has 0 aliphatic rings. The maximum atomic E-state index is 5.24. The second kappa shape index (κ2) is 14.2. The summed E-state index contributed by atoms with van der Waals surface area (Å²) in [7, 11) is 1.67. The Morgan fingerprint density at radius 3 is 1.73 bits per heavy atom. The molecule has 0 bridgehead atoms. The molecule has 0 saturated carbocycles. The van der Waals surface area contributed by atoms with E-state index < -0.39 is 5.72 Å². The van der Waals surface area contributed by atoms with Crippen LogP contribution in [0.4, 0.5) is 0 Å². The Bertz CT molecular complexity index is 264. The standard InChI is InChI=1S/C19H40N2O/c1-6-7-8-9-10-11-12-13-14-15-16-17-18(2)20-21-19(3,4)22-5/h18H,6-17H2,1-5H3. The van der Waals surface area contributed by atoms with Crippen LogP contribution < -0.4 is 0 Å². The SMILES string of the molecule is CCCCCCCCCCCCCC(C)N=NC(C)(C)OC. The van der Waals surface area contributed by atoms with E-state index in [1.54, 1.807) is 7.11 Å². The molecule has 0 radical (unpaired) electrons. The Kier molecular flexibility index (Phi) is 13.9. The van der Waals surface area contributed by atoms with Gasteiger partial charge in [0.05, 0.1) is 6.04 Å². The first-order valence-corrected chi connectivity index (χ1v) is 9.49. The average Bonchev–Trinajstić information content (AvgIpc) is 2.50. The molecule has 0 fully saturated rings. The van der Waals surface area contributed by atoms with Crippen molar-refractivity contribution in [3.05, 3.63) is 0 Å². The molecule has 3 nitrogen and oxygen atoms in total. The van der Waals surface area contributed by atoms with Gasteiger partial charge in [0.15, 0.2) is 5.72 Å². The minimum absolute atomic E-state index is 0.313. The lowest BCUT2D eigenvalue weighted by molar-refractivity contribution is 0.0230. The van der Waals surface area contributed by atoms with Gasteiger partial charge in [-0.25, -0.2) is 0 Å². The molecule has 0 heterocycles. The van der Waals surface area contributed by atoms with Crippen molar-refractivity contribution in [3.8, 4) is 0 Å². The Labute approximate surface area is 139 Å². The first-order chi connectivity index (χ1) is 10.5. The van der Waals surface area contributed by atoms with E-state index in [4.69, 9.17) is 4.74 Å². The van der Waals surface area contributed by atoms with Crippen molar-refractivity contribution in [1.29, 1.82) is 0 Å². The molecule has 22 heavy (non-hydrogen) atoms. The summed E-state index contributed by atoms with van der Waals surface area (Å²) in [5.41, 5.74) is -0.481. The zero-order valence-corrected chi connectivity index (χ0v) is 15.9. The van der Waals surface area contributed by atoms with Crippen LogP contribution in [0.5, 0.6) is 0 Å². The van der Waals surface area contributed by atoms with Crippen LogP contribution in [0.3, 0.4) is 0 Å². The molecular weight excluding hydrogens is 272 g/mol. The van der Waals surface area contributed by atoms with Crippen molar-refractivity contribution >= 4 is 0 Å². The van der Waals surface area contributed by atoms with Crippen LogP contribution >= 0.6 is 0 Å². The lowest BCUT2D eigenvalue weighted by Crippen LogP contribution is -2.18. The van der Waals surface area contributed by atoms with E-state index in [1.807, 2.05) is 13.8 Å². The van der Waals surface area contributed by atoms with Gasteiger partial charge in [0.1, 0.15) is 0 Å². The summed E-state index contributed by atoms with van der Waals surface area (Å²) in [6, 6.07) is 0.313. The van der Waals surface area contributed by atoms with Crippen molar-refractivity contribution in [1.82, 2.24) is 0 Å². The molecule has 0 saturated heterocycles. The van der Waals surface area contributed by atoms with Gasteiger partial charge in [0.25, 0.3) is 0 Å². The molecule has 0 aliphatic carbocycles. The van der Waals surface area contributed by atoms with Crippen LogP contribution in [-0.4, -0.2) is 18.9 Å². The highest BCUT2D eigenvalue weighted by molar-refractivity contribution is 4.64. The quantitative estimate of drug-likeness (QED) is 0.239. The first kappa shape index (κ1) is 21.6. The molecule has 0 spiro atoms. The maximum Gasteiger partial charge on any atom is 0.172 e. The summed E-state index contributed by atoms with van der Waals surface area (Å²) in [6.07, 6.45) is 16.4. The molecule has 0 aromatic carbocycles. The van der Waals surface area contributed by atoms with Crippen molar-refractivity contribution in [2.75, 3.05) is 7.11 Å². The van der Waals surface area contributed by atoms with E-state index in [9.17, 15) is 0 Å². The smallest absolute Gasteiger partial charge is 0.172 e. The summed E-state index contributed by atoms with van der Waals surface area (Å²) < 4.78 is 5.24. The third kappa shape index (κ3) is 14.5. The highest BCUT2D eigenvalue weighted by Crippen LogP contribution is 2.15. The number of hydrogen-bond acceptors (Lipinski definition) is 3. The van der Waals surface area contributed by atoms with Crippen molar-refractivity contribution in [2.45, 2.75) is 117 Å². The lowest BCUT2D eigenvalue weighted by Gasteiger charge is -2.16. The molecule has 0 aromatic rings. The maximum absolute atomic E-state index is 5.24. The van der Waals surface area contributed by atoms with Crippen molar-refractivity contribution in [2.24, 2.45) is 10.2 Å². The third-order valence-corrected chi connectivity index (χ3v) is 4.22. The summed E-state index contributed by atoms with van der Waals surface area (Å²) in [6.45, 7) is 8.29. The Morgan fingerprint density at radius 2 is 1.27 bits per heavy atom. The Morgan fingerprint density at radius 1 is 0.818 bits per heavy atom. The molecule has 3 heteroatoms. The normalized spacial score (nSPS) is 13.9. The first-order valence-electron chi connectivity index (χ1n) is 9.49. The Balaban J connectivity index is 3.35. The molecule has 1 atom stereocenters. The van der Waals surface area contributed by atoms with E-state index in [-0.39, 0.29) is 0 Å². The number of methoxy groups -OCH3 is 1. The van der Waals surface area contributed by atoms with E-state index in [2.05, 4.69) is 24.1 Å². The number of rotatable bonds is 15. The largest absolute Gasteiger partial charge is 0.356 e. The topological polar surface area (TPSA) is 34.0 Å². The fraction of sp³-hybridized carbons (Fsp3) is 1.00. The second-order valence-corrected chi connectivity index (χ2v) is 7.04. The zero-order valence-electron chi connectivity index (χ0n) is 15.9. The van der Waals surface area contributed by atoms with Crippen molar-refractivity contribution in [3.63, 3.8) is 0 Å². The Hall–Kier alpha value is -0.440. The summed E-state index contributed by atoms with van der Waals surface area (Å²) in [5, 5.41) is 8.60. The zero-order chi connectivity index (χ0) is 16.7. The van der Waals surface area contributed by atoms with Gasteiger partial charge in [-0.3, -0.25) is 0 Å². The van der Waals surface area contributed by atoms with E-state index in [0.717, 1.165) is 6.42 Å². The summed E-state index contributed by atoms with van der Waals surface area (Å²) in [5.74, 6) is 0. The van der Waals surface area contributed by atoms with Gasteiger partial charge in [-0.05, 0) is 27.2 Å². The van der Waals surface area contributed by atoms with Gasteiger partial charge in [-0.1, -0.05) is 77.6 Å². The van der Waals surface area contributed by atoms with Crippen LogP contribution in [0.25, 0.3) is 0 Å². The molecule has 0 amide bonds. The molecule has 0 aliphatic heterocycles. The monoisotopic (exact) mass is 312 g/mol. The van der Waals surface area contributed by atoms with Crippen LogP contribution in [0.15, 0.2) is 10.2 Å². The molecule has 0 rings (SSSR count). The number of azo groups is 1. The fourth-order valence-corrected chi connectivity index (χ4v) is 2.44. The van der Waals surface area contributed by atoms with E-state index in [1.165, 1.54) is 70.6 Å². The van der Waals surface area contributed by atoms with Gasteiger partial charge in [0.2, 0.25) is 0 Å². The van der Waals surface area contributed by atoms with E-state index in [0.29, 0.717) is 6.04 Å². The minimum Gasteiger partial charge on any atom is -0.356 e. The van der Waals surface area contributed by atoms with Gasteiger partial charge >= 0.3 is 0 Å². The number of hydrogen-bond donors (Lipinski definition) is 0. The van der Waals surface area contributed by atoms with Crippen LogP contribution in [0.2, 0.25) is 0 Å². The van der Waals surface area contributed by atoms with Crippen molar-refractivity contribution < 1.29 is 4.74 Å². The summed E-state index contributed by atoms with van der Waals surface area (Å²) >= 11 is 0. The molecule has 0 aromatic heterocycles. The van der Waals surface area contributed by atoms with Gasteiger partial charge < -0.3 is 4.74 Å². The van der Waals surface area contributed by atoms with Gasteiger partial charge in [-0.2, -0.15) is 10.2 Å². The summed E-state index contributed by atoms with van der Waals surface area (Å²) in [4.78, 5) is 0. The fourth-order valence-electron chi connectivity index (χ4n) is 2.44. The van der Waals surface area contributed by atoms with Crippen LogP contribution in [0.1, 0.15) is 105 Å². The second-order valence-electron chi connectivity index (χ2n) is 7.04. The minimum atomic E-state index is -0.481. The highest BCUT2D eigenvalue weighted by Gasteiger charge is 2.14. The predicted molar refractivity (Wildman–Crippen MR) is 96.5 cm³/mol. The number of unbranched alkanes of at least 4 members (excludes halogenated alkanes) is 10. The molecule has 132 valence electrons. The van der Waals surface area contributed by atoms with Crippen LogP contribution in [-0.2, 0) is 4.74 Å². The van der Waals surface area contributed by atoms with E-state index >= 15 is 0 Å². The highest BCUT2D eigenvalue weighted by atomic mass is 16.5. The molecular formula is C19H40N2O. The average molecular weight is 313 g/mol. The van der Waals surface area contributed by atoms with Gasteiger partial charge in [-0.15, -0.1) is 0 Å². The lowest BCUT2D eigenvalue weighted by atomic mass is 10.0. The number of ether oxygens (including phenoxy) is 1. The molecule has 1 unspecified atom stereocenters.